The summed E-state index contributed by atoms with van der Waals surface area (Å²) in [5, 5.41) is 3.29. The minimum Gasteiger partial charge on any atom is -0.385 e. The first-order valence-electron chi connectivity index (χ1n) is 7.31. The zero-order chi connectivity index (χ0) is 14.6. The van der Waals surface area contributed by atoms with Crippen LogP contribution in [0, 0.1) is 5.82 Å². The third kappa shape index (κ3) is 6.46. The molecule has 1 atom stereocenters. The van der Waals surface area contributed by atoms with Crippen molar-refractivity contribution < 1.29 is 13.9 Å². The molecule has 0 radical (unpaired) electrons. The summed E-state index contributed by atoms with van der Waals surface area (Å²) in [5.74, 6) is 0.0216. The van der Waals surface area contributed by atoms with Crippen LogP contribution in [0.5, 0.6) is 0 Å². The maximum Gasteiger partial charge on any atom is 0.126 e. The topological polar surface area (TPSA) is 30.5 Å². The van der Waals surface area contributed by atoms with Gasteiger partial charge in [0.15, 0.2) is 0 Å². The Bertz CT molecular complexity index is 360. The number of ether oxygens (including phenoxy) is 2. The first-order valence-corrected chi connectivity index (χ1v) is 7.31. The van der Waals surface area contributed by atoms with Gasteiger partial charge in [-0.05, 0) is 31.0 Å². The Hall–Kier alpha value is -0.970. The van der Waals surface area contributed by atoms with E-state index in [-0.39, 0.29) is 11.7 Å². The van der Waals surface area contributed by atoms with Crippen LogP contribution in [0.25, 0.3) is 0 Å². The highest BCUT2D eigenvalue weighted by molar-refractivity contribution is 5.22. The Morgan fingerprint density at radius 3 is 2.70 bits per heavy atom. The van der Waals surface area contributed by atoms with Crippen LogP contribution in [0.3, 0.4) is 0 Å². The van der Waals surface area contributed by atoms with Crippen LogP contribution < -0.4 is 5.32 Å². The van der Waals surface area contributed by atoms with E-state index in [0.717, 1.165) is 31.5 Å². The second-order valence-electron chi connectivity index (χ2n) is 4.77. The highest BCUT2D eigenvalue weighted by atomic mass is 19.1. The van der Waals surface area contributed by atoms with Crippen molar-refractivity contribution >= 4 is 0 Å². The normalized spacial score (nSPS) is 12.6. The van der Waals surface area contributed by atoms with E-state index in [9.17, 15) is 4.39 Å². The molecular weight excluding hydrogens is 257 g/mol. The highest BCUT2D eigenvalue weighted by Crippen LogP contribution is 2.22. The Labute approximate surface area is 121 Å². The number of hydrogen-bond acceptors (Lipinski definition) is 3. The van der Waals surface area contributed by atoms with Crippen molar-refractivity contribution in [2.24, 2.45) is 0 Å². The van der Waals surface area contributed by atoms with E-state index < -0.39 is 0 Å². The van der Waals surface area contributed by atoms with Crippen LogP contribution >= 0.6 is 0 Å². The summed E-state index contributed by atoms with van der Waals surface area (Å²) >= 11 is 0. The largest absolute Gasteiger partial charge is 0.385 e. The fourth-order valence-corrected chi connectivity index (χ4v) is 2.13. The fraction of sp³-hybridized carbons (Fsp3) is 0.625. The summed E-state index contributed by atoms with van der Waals surface area (Å²) in [5.41, 5.74) is 0.772. The van der Waals surface area contributed by atoms with Crippen molar-refractivity contribution in [3.8, 4) is 0 Å². The van der Waals surface area contributed by atoms with Crippen LogP contribution in [0.4, 0.5) is 4.39 Å². The number of halogens is 1. The molecule has 0 heterocycles. The molecule has 0 amide bonds. The molecule has 114 valence electrons. The lowest BCUT2D eigenvalue weighted by molar-refractivity contribution is 0.0979. The quantitative estimate of drug-likeness (QED) is 0.633. The highest BCUT2D eigenvalue weighted by Gasteiger charge is 2.14. The van der Waals surface area contributed by atoms with Crippen molar-refractivity contribution in [2.45, 2.75) is 25.7 Å². The van der Waals surface area contributed by atoms with Crippen molar-refractivity contribution in [2.75, 3.05) is 40.0 Å². The smallest absolute Gasteiger partial charge is 0.126 e. The van der Waals surface area contributed by atoms with Crippen molar-refractivity contribution in [3.63, 3.8) is 0 Å². The van der Waals surface area contributed by atoms with Crippen LogP contribution in [0.15, 0.2) is 24.3 Å². The Morgan fingerprint density at radius 1 is 1.20 bits per heavy atom. The maximum absolute atomic E-state index is 13.9. The van der Waals surface area contributed by atoms with Crippen molar-refractivity contribution in [3.05, 3.63) is 35.6 Å². The van der Waals surface area contributed by atoms with E-state index in [1.165, 1.54) is 6.07 Å². The summed E-state index contributed by atoms with van der Waals surface area (Å²) in [6, 6.07) is 7.00. The molecule has 0 bridgehead atoms. The van der Waals surface area contributed by atoms with E-state index in [1.54, 1.807) is 13.2 Å². The second kappa shape index (κ2) is 10.8. The van der Waals surface area contributed by atoms with Gasteiger partial charge in [-0.15, -0.1) is 0 Å². The minimum absolute atomic E-state index is 0.130. The molecule has 1 aromatic rings. The molecule has 1 N–H and O–H groups in total. The summed E-state index contributed by atoms with van der Waals surface area (Å²) in [6.45, 7) is 5.78. The van der Waals surface area contributed by atoms with Gasteiger partial charge in [-0.2, -0.15) is 0 Å². The lowest BCUT2D eigenvalue weighted by atomic mass is 9.95. The van der Waals surface area contributed by atoms with Gasteiger partial charge in [-0.25, -0.2) is 4.39 Å². The molecule has 1 rings (SSSR count). The maximum atomic E-state index is 13.9. The molecule has 20 heavy (non-hydrogen) atoms. The third-order valence-electron chi connectivity index (χ3n) is 3.23. The lowest BCUT2D eigenvalue weighted by Gasteiger charge is -2.18. The van der Waals surface area contributed by atoms with Crippen LogP contribution in [0.2, 0.25) is 0 Å². The molecule has 0 saturated carbocycles. The first-order chi connectivity index (χ1) is 9.79. The summed E-state index contributed by atoms with van der Waals surface area (Å²) in [4.78, 5) is 0. The van der Waals surface area contributed by atoms with Gasteiger partial charge < -0.3 is 14.8 Å². The van der Waals surface area contributed by atoms with Crippen molar-refractivity contribution in [1.29, 1.82) is 0 Å². The van der Waals surface area contributed by atoms with Gasteiger partial charge in [-0.1, -0.05) is 25.1 Å². The van der Waals surface area contributed by atoms with Crippen LogP contribution in [-0.2, 0) is 9.47 Å². The zero-order valence-corrected chi connectivity index (χ0v) is 12.5. The van der Waals surface area contributed by atoms with Crippen molar-refractivity contribution in [1.82, 2.24) is 5.32 Å². The molecule has 0 aromatic heterocycles. The average Bonchev–Trinajstić information content (AvgIpc) is 2.47. The molecule has 3 nitrogen and oxygen atoms in total. The molecule has 0 saturated heterocycles. The number of likely N-dealkylation sites (N-methyl/N-ethyl adjacent to an activating group) is 1. The van der Waals surface area contributed by atoms with Gasteiger partial charge in [0.2, 0.25) is 0 Å². The van der Waals surface area contributed by atoms with Gasteiger partial charge in [0.1, 0.15) is 5.82 Å². The molecular formula is C16H26FNO2. The lowest BCUT2D eigenvalue weighted by Crippen LogP contribution is -2.23. The monoisotopic (exact) mass is 283 g/mol. The van der Waals surface area contributed by atoms with Gasteiger partial charge >= 0.3 is 0 Å². The number of hydrogen-bond donors (Lipinski definition) is 1. The Kier molecular flexibility index (Phi) is 9.20. The van der Waals surface area contributed by atoms with Crippen LogP contribution in [-0.4, -0.2) is 40.0 Å². The van der Waals surface area contributed by atoms with E-state index in [1.807, 2.05) is 12.1 Å². The van der Waals surface area contributed by atoms with Gasteiger partial charge in [-0.3, -0.25) is 0 Å². The Balaban J connectivity index is 2.42. The molecule has 1 unspecified atom stereocenters. The summed E-state index contributed by atoms with van der Waals surface area (Å²) in [6.07, 6.45) is 1.72. The molecule has 0 aliphatic heterocycles. The average molecular weight is 283 g/mol. The molecule has 1 aromatic carbocycles. The van der Waals surface area contributed by atoms with E-state index in [2.05, 4.69) is 12.2 Å². The van der Waals surface area contributed by atoms with E-state index in [4.69, 9.17) is 9.47 Å². The molecule has 0 aliphatic rings. The summed E-state index contributed by atoms with van der Waals surface area (Å²) in [7, 11) is 1.69. The molecule has 0 aliphatic carbocycles. The first kappa shape index (κ1) is 17.1. The number of nitrogens with one attached hydrogen (secondary N) is 1. The van der Waals surface area contributed by atoms with Gasteiger partial charge in [0.25, 0.3) is 0 Å². The zero-order valence-electron chi connectivity index (χ0n) is 12.5. The Morgan fingerprint density at radius 2 is 2.00 bits per heavy atom. The molecule has 0 spiro atoms. The minimum atomic E-state index is -0.130. The van der Waals surface area contributed by atoms with Gasteiger partial charge in [0, 0.05) is 39.4 Å². The standard InChI is InChI=1S/C16H26FNO2/c1-3-18-13-14(9-12-20-11-6-10-19-2)15-7-4-5-8-16(15)17/h4-5,7-8,14,18H,3,6,9-13H2,1-2H3. The number of methoxy groups -OCH3 is 1. The van der Waals surface area contributed by atoms with Crippen LogP contribution in [0.1, 0.15) is 31.2 Å². The number of benzene rings is 1. The molecule has 0 fully saturated rings. The SMILES string of the molecule is CCNCC(CCOCCCOC)c1ccccc1F. The van der Waals surface area contributed by atoms with E-state index in [0.29, 0.717) is 19.8 Å². The predicted octanol–water partition coefficient (Wildman–Crippen LogP) is 2.96. The summed E-state index contributed by atoms with van der Waals surface area (Å²) < 4.78 is 24.4. The predicted molar refractivity (Wildman–Crippen MR) is 79.6 cm³/mol. The number of rotatable bonds is 11. The van der Waals surface area contributed by atoms with E-state index >= 15 is 0 Å². The van der Waals surface area contributed by atoms with Gasteiger partial charge in [0.05, 0.1) is 0 Å². The third-order valence-corrected chi connectivity index (χ3v) is 3.23. The molecule has 4 heteroatoms. The fourth-order valence-electron chi connectivity index (χ4n) is 2.13. The second-order valence-corrected chi connectivity index (χ2v) is 4.77.